The molecule has 0 saturated heterocycles. The summed E-state index contributed by atoms with van der Waals surface area (Å²) in [5.41, 5.74) is 4.02. The van der Waals surface area contributed by atoms with Crippen LogP contribution in [0.4, 0.5) is 4.79 Å². The van der Waals surface area contributed by atoms with Crippen molar-refractivity contribution in [3.63, 3.8) is 0 Å². The summed E-state index contributed by atoms with van der Waals surface area (Å²) in [6, 6.07) is 14.4. The van der Waals surface area contributed by atoms with E-state index in [0.29, 0.717) is 0 Å². The summed E-state index contributed by atoms with van der Waals surface area (Å²) >= 11 is 0. The Morgan fingerprint density at radius 1 is 0.971 bits per heavy atom. The number of rotatable bonds is 9. The Bertz CT molecular complexity index is 1030. The fourth-order valence-corrected chi connectivity index (χ4v) is 4.29. The maximum Gasteiger partial charge on any atom is 0.407 e. The maximum absolute atomic E-state index is 12.8. The van der Waals surface area contributed by atoms with Crippen molar-refractivity contribution in [1.29, 1.82) is 0 Å². The van der Waals surface area contributed by atoms with Crippen molar-refractivity contribution in [3.05, 3.63) is 59.7 Å². The van der Waals surface area contributed by atoms with Crippen molar-refractivity contribution in [2.75, 3.05) is 13.7 Å². The number of amides is 2. The highest BCUT2D eigenvalue weighted by Gasteiger charge is 2.33. The average molecular weight is 483 g/mol. The lowest BCUT2D eigenvalue weighted by Gasteiger charge is -2.31. The minimum Gasteiger partial charge on any atom is -0.480 e. The van der Waals surface area contributed by atoms with E-state index in [0.717, 1.165) is 22.3 Å². The van der Waals surface area contributed by atoms with E-state index >= 15 is 0 Å². The molecule has 3 rings (SSSR count). The largest absolute Gasteiger partial charge is 0.480 e. The number of carboxylic acids is 1. The molecule has 3 unspecified atom stereocenters. The number of carbonyl (C=O) groups is 3. The van der Waals surface area contributed by atoms with Gasteiger partial charge < -0.3 is 25.2 Å². The second-order valence-corrected chi connectivity index (χ2v) is 9.92. The minimum absolute atomic E-state index is 0.0728. The Labute approximate surface area is 206 Å². The second kappa shape index (κ2) is 10.9. The van der Waals surface area contributed by atoms with E-state index in [9.17, 15) is 19.5 Å². The van der Waals surface area contributed by atoms with Crippen molar-refractivity contribution < 1.29 is 29.0 Å². The van der Waals surface area contributed by atoms with Crippen LogP contribution in [0.15, 0.2) is 48.5 Å². The van der Waals surface area contributed by atoms with Crippen LogP contribution in [0.3, 0.4) is 0 Å². The monoisotopic (exact) mass is 482 g/mol. The second-order valence-electron chi connectivity index (χ2n) is 9.92. The van der Waals surface area contributed by atoms with Gasteiger partial charge in [0.1, 0.15) is 6.61 Å². The zero-order chi connectivity index (χ0) is 25.8. The summed E-state index contributed by atoms with van der Waals surface area (Å²) in [5, 5.41) is 14.7. The Balaban J connectivity index is 1.65. The molecule has 0 aromatic heterocycles. The summed E-state index contributed by atoms with van der Waals surface area (Å²) in [6.07, 6.45) is -1.44. The van der Waals surface area contributed by atoms with Crippen LogP contribution < -0.4 is 10.6 Å². The number of nitrogens with one attached hydrogen (secondary N) is 2. The van der Waals surface area contributed by atoms with Crippen LogP contribution in [0.2, 0.25) is 0 Å². The number of fused-ring (bicyclic) bond motifs is 3. The lowest BCUT2D eigenvalue weighted by molar-refractivity contribution is -0.145. The third-order valence-electron chi connectivity index (χ3n) is 6.49. The highest BCUT2D eigenvalue weighted by atomic mass is 16.5. The third kappa shape index (κ3) is 6.19. The molecule has 3 atom stereocenters. The van der Waals surface area contributed by atoms with Crippen molar-refractivity contribution in [1.82, 2.24) is 10.6 Å². The first-order valence-corrected chi connectivity index (χ1v) is 11.7. The van der Waals surface area contributed by atoms with Crippen LogP contribution in [0.25, 0.3) is 11.1 Å². The van der Waals surface area contributed by atoms with Gasteiger partial charge in [-0.25, -0.2) is 9.59 Å². The standard InChI is InChI=1S/C27H34N2O6/c1-16(34-5)24(25(31)32)29-23(30)14-22(27(2,3)4)28-26(33)35-15-21-19-12-8-6-10-17(19)18-11-7-9-13-20(18)21/h6-13,16,21-22,24H,14-15H2,1-5H3,(H,28,33)(H,29,30)(H,31,32). The van der Waals surface area contributed by atoms with Crippen LogP contribution in [-0.4, -0.2) is 55.0 Å². The molecule has 1 aliphatic rings. The van der Waals surface area contributed by atoms with Gasteiger partial charge >= 0.3 is 12.1 Å². The topological polar surface area (TPSA) is 114 Å². The molecular weight excluding hydrogens is 448 g/mol. The summed E-state index contributed by atoms with van der Waals surface area (Å²) in [4.78, 5) is 36.9. The Kier molecular flexibility index (Phi) is 8.17. The van der Waals surface area contributed by atoms with Crippen LogP contribution in [0.1, 0.15) is 51.2 Å². The molecule has 0 fully saturated rings. The minimum atomic E-state index is -1.19. The zero-order valence-corrected chi connectivity index (χ0v) is 20.8. The molecule has 0 bridgehead atoms. The van der Waals surface area contributed by atoms with Crippen molar-refractivity contribution in [2.24, 2.45) is 5.41 Å². The molecule has 188 valence electrons. The SMILES string of the molecule is COC(C)C(NC(=O)CC(NC(=O)OCC1c2ccccc2-c2ccccc21)C(C)(C)C)C(=O)O. The highest BCUT2D eigenvalue weighted by Crippen LogP contribution is 2.44. The van der Waals surface area contributed by atoms with Gasteiger partial charge in [-0.15, -0.1) is 0 Å². The number of hydrogen-bond donors (Lipinski definition) is 3. The summed E-state index contributed by atoms with van der Waals surface area (Å²) < 4.78 is 10.7. The van der Waals surface area contributed by atoms with E-state index in [2.05, 4.69) is 22.8 Å². The molecule has 35 heavy (non-hydrogen) atoms. The maximum atomic E-state index is 12.8. The van der Waals surface area contributed by atoms with E-state index in [4.69, 9.17) is 9.47 Å². The van der Waals surface area contributed by atoms with Crippen LogP contribution >= 0.6 is 0 Å². The van der Waals surface area contributed by atoms with E-state index < -0.39 is 41.6 Å². The summed E-state index contributed by atoms with van der Waals surface area (Å²) in [5.74, 6) is -1.76. The van der Waals surface area contributed by atoms with Crippen molar-refractivity contribution >= 4 is 18.0 Å². The molecule has 8 nitrogen and oxygen atoms in total. The number of carbonyl (C=O) groups excluding carboxylic acids is 2. The molecule has 8 heteroatoms. The highest BCUT2D eigenvalue weighted by molar-refractivity contribution is 5.84. The number of carboxylic acid groups (broad SMARTS) is 1. The van der Waals surface area contributed by atoms with E-state index in [1.54, 1.807) is 6.92 Å². The fourth-order valence-electron chi connectivity index (χ4n) is 4.29. The van der Waals surface area contributed by atoms with Crippen LogP contribution in [0.5, 0.6) is 0 Å². The molecule has 0 aliphatic heterocycles. The first-order chi connectivity index (χ1) is 16.5. The summed E-state index contributed by atoms with van der Waals surface area (Å²) in [6.45, 7) is 7.40. The van der Waals surface area contributed by atoms with Gasteiger partial charge in [-0.05, 0) is 34.6 Å². The van der Waals surface area contributed by atoms with E-state index in [1.807, 2.05) is 57.2 Å². The Morgan fingerprint density at radius 3 is 2.00 bits per heavy atom. The number of alkyl carbamates (subject to hydrolysis) is 1. The molecule has 2 aromatic rings. The van der Waals surface area contributed by atoms with Crippen molar-refractivity contribution in [2.45, 2.75) is 58.2 Å². The number of ether oxygens (including phenoxy) is 2. The number of aliphatic carboxylic acids is 1. The first kappa shape index (κ1) is 26.2. The number of methoxy groups -OCH3 is 1. The smallest absolute Gasteiger partial charge is 0.407 e. The quantitative estimate of drug-likeness (QED) is 0.499. The van der Waals surface area contributed by atoms with E-state index in [-0.39, 0.29) is 18.9 Å². The van der Waals surface area contributed by atoms with Gasteiger partial charge in [-0.3, -0.25) is 4.79 Å². The van der Waals surface area contributed by atoms with Gasteiger partial charge in [0, 0.05) is 25.5 Å². The van der Waals surface area contributed by atoms with Gasteiger partial charge in [0.15, 0.2) is 6.04 Å². The molecule has 0 radical (unpaired) electrons. The molecule has 1 aliphatic carbocycles. The van der Waals surface area contributed by atoms with Crippen LogP contribution in [-0.2, 0) is 19.1 Å². The first-order valence-electron chi connectivity index (χ1n) is 11.7. The molecule has 0 saturated carbocycles. The van der Waals surface area contributed by atoms with Crippen LogP contribution in [0, 0.1) is 5.41 Å². The number of benzene rings is 2. The third-order valence-corrected chi connectivity index (χ3v) is 6.49. The van der Waals surface area contributed by atoms with Gasteiger partial charge in [0.05, 0.1) is 6.10 Å². The van der Waals surface area contributed by atoms with Gasteiger partial charge in [0.25, 0.3) is 0 Å². The molecule has 0 heterocycles. The lowest BCUT2D eigenvalue weighted by atomic mass is 9.84. The lowest BCUT2D eigenvalue weighted by Crippen LogP contribution is -2.52. The predicted octanol–water partition coefficient (Wildman–Crippen LogP) is 3.93. The average Bonchev–Trinajstić information content (AvgIpc) is 3.13. The Morgan fingerprint density at radius 2 is 1.51 bits per heavy atom. The molecular formula is C27H34N2O6. The molecule has 3 N–H and O–H groups in total. The van der Waals surface area contributed by atoms with Gasteiger partial charge in [-0.2, -0.15) is 0 Å². The predicted molar refractivity (Wildman–Crippen MR) is 132 cm³/mol. The molecule has 2 aromatic carbocycles. The zero-order valence-electron chi connectivity index (χ0n) is 20.8. The van der Waals surface area contributed by atoms with E-state index in [1.165, 1.54) is 7.11 Å². The molecule has 0 spiro atoms. The Hall–Kier alpha value is -3.39. The number of hydrogen-bond acceptors (Lipinski definition) is 5. The molecule has 2 amide bonds. The normalized spacial score (nSPS) is 15.3. The van der Waals surface area contributed by atoms with Gasteiger partial charge in [0.2, 0.25) is 5.91 Å². The van der Waals surface area contributed by atoms with Gasteiger partial charge in [-0.1, -0.05) is 69.3 Å². The van der Waals surface area contributed by atoms with Crippen molar-refractivity contribution in [3.8, 4) is 11.1 Å². The fraction of sp³-hybridized carbons (Fsp3) is 0.444. The summed E-state index contributed by atoms with van der Waals surface area (Å²) in [7, 11) is 1.38.